The zero-order valence-corrected chi connectivity index (χ0v) is 20.8. The summed E-state index contributed by atoms with van der Waals surface area (Å²) in [7, 11) is 0. The largest absolute Gasteiger partial charge is 0.443 e. The maximum atomic E-state index is 13.4. The van der Waals surface area contributed by atoms with E-state index in [9.17, 15) is 17.6 Å². The number of hydrogen-bond acceptors (Lipinski definition) is 6. The summed E-state index contributed by atoms with van der Waals surface area (Å²) in [6.07, 6.45) is -2.95. The number of thiazole rings is 1. The monoisotopic (exact) mass is 547 g/mol. The van der Waals surface area contributed by atoms with Gasteiger partial charge in [0, 0.05) is 25.7 Å². The summed E-state index contributed by atoms with van der Waals surface area (Å²) in [4.78, 5) is 10.7. The second kappa shape index (κ2) is 11.1. The Morgan fingerprint density at radius 2 is 1.80 bits per heavy atom. The number of alkyl halides is 3. The molecule has 2 N–H and O–H groups in total. The number of rotatable bonds is 3. The molecule has 2 aliphatic rings. The molecule has 0 saturated carbocycles. The Morgan fingerprint density at radius 1 is 1.06 bits per heavy atom. The van der Waals surface area contributed by atoms with Crippen molar-refractivity contribution in [2.75, 3.05) is 25.0 Å². The normalized spacial score (nSPS) is 17.1. The van der Waals surface area contributed by atoms with Crippen molar-refractivity contribution < 1.29 is 17.6 Å². The van der Waals surface area contributed by atoms with Crippen LogP contribution in [-0.2, 0) is 12.6 Å². The van der Waals surface area contributed by atoms with Crippen LogP contribution in [0.15, 0.2) is 53.5 Å². The van der Waals surface area contributed by atoms with Gasteiger partial charge in [-0.2, -0.15) is 13.2 Å². The van der Waals surface area contributed by atoms with Crippen LogP contribution in [-0.4, -0.2) is 41.4 Å². The summed E-state index contributed by atoms with van der Waals surface area (Å²) < 4.78 is 53.4. The van der Waals surface area contributed by atoms with Crippen molar-refractivity contribution in [2.24, 2.45) is 4.99 Å². The molecule has 1 saturated heterocycles. The number of nitrogens with one attached hydrogen (secondary N) is 2. The first-order valence-electron chi connectivity index (χ1n) is 10.6. The molecule has 1 aromatic heterocycles. The van der Waals surface area contributed by atoms with E-state index in [1.807, 2.05) is 23.1 Å². The van der Waals surface area contributed by atoms with E-state index in [0.29, 0.717) is 53.2 Å². The SMILES string of the molecule is Cl.Cl.Fc1ccc(CC[C@H]2CN(C3=Nc4ccccc4Nc4sc(C(F)(F)F)nc43)CCN2)cc1. The molecule has 35 heavy (non-hydrogen) atoms. The molecule has 12 heteroatoms. The Kier molecular flexibility index (Phi) is 8.63. The number of para-hydroxylation sites is 2. The average molecular weight is 548 g/mol. The lowest BCUT2D eigenvalue weighted by Gasteiger charge is -2.35. The zero-order chi connectivity index (χ0) is 23.0. The van der Waals surface area contributed by atoms with Gasteiger partial charge < -0.3 is 15.5 Å². The smallest absolute Gasteiger partial charge is 0.352 e. The Morgan fingerprint density at radius 3 is 2.54 bits per heavy atom. The van der Waals surface area contributed by atoms with Crippen molar-refractivity contribution in [2.45, 2.75) is 25.1 Å². The lowest BCUT2D eigenvalue weighted by molar-refractivity contribution is -0.137. The van der Waals surface area contributed by atoms with Gasteiger partial charge in [0.1, 0.15) is 16.5 Å². The minimum atomic E-state index is -4.52. The molecular weight excluding hydrogens is 525 g/mol. The van der Waals surface area contributed by atoms with Gasteiger partial charge in [-0.3, -0.25) is 0 Å². The van der Waals surface area contributed by atoms with Crippen LogP contribution in [0.3, 0.4) is 0 Å². The topological polar surface area (TPSA) is 52.5 Å². The predicted octanol–water partition coefficient (Wildman–Crippen LogP) is 6.19. The molecule has 3 aromatic rings. The van der Waals surface area contributed by atoms with E-state index in [4.69, 9.17) is 4.99 Å². The number of halogens is 6. The summed E-state index contributed by atoms with van der Waals surface area (Å²) >= 11 is 0.595. The third-order valence-electron chi connectivity index (χ3n) is 5.71. The number of piperazine rings is 1. The van der Waals surface area contributed by atoms with Gasteiger partial charge in [-0.1, -0.05) is 35.6 Å². The summed E-state index contributed by atoms with van der Waals surface area (Å²) in [5, 5.41) is 6.02. The number of fused-ring (bicyclic) bond motifs is 2. The van der Waals surface area contributed by atoms with Crippen molar-refractivity contribution in [1.29, 1.82) is 0 Å². The van der Waals surface area contributed by atoms with Crippen LogP contribution < -0.4 is 10.6 Å². The van der Waals surface area contributed by atoms with Crippen LogP contribution in [0.4, 0.5) is 33.9 Å². The van der Waals surface area contributed by atoms with Crippen LogP contribution in [0.25, 0.3) is 0 Å². The number of aryl methyl sites for hydroxylation is 1. The number of benzene rings is 2. The Balaban J connectivity index is 0.00000171. The van der Waals surface area contributed by atoms with Gasteiger partial charge in [-0.15, -0.1) is 24.8 Å². The van der Waals surface area contributed by atoms with E-state index in [-0.39, 0.29) is 42.4 Å². The van der Waals surface area contributed by atoms with Crippen LogP contribution in [0, 0.1) is 5.82 Å². The van der Waals surface area contributed by atoms with Crippen molar-refractivity contribution in [3.8, 4) is 0 Å². The minimum Gasteiger partial charge on any atom is -0.352 e. The summed E-state index contributed by atoms with van der Waals surface area (Å²) in [6.45, 7) is 1.86. The average Bonchev–Trinajstić information content (AvgIpc) is 3.16. The summed E-state index contributed by atoms with van der Waals surface area (Å²) in [6, 6.07) is 13.8. The van der Waals surface area contributed by atoms with E-state index < -0.39 is 11.2 Å². The molecule has 0 aliphatic carbocycles. The summed E-state index contributed by atoms with van der Waals surface area (Å²) in [5.41, 5.74) is 2.57. The van der Waals surface area contributed by atoms with E-state index in [1.54, 1.807) is 18.2 Å². The number of aliphatic imine (C=N–C) groups is 1. The predicted molar refractivity (Wildman–Crippen MR) is 136 cm³/mol. The highest BCUT2D eigenvalue weighted by Crippen LogP contribution is 2.42. The molecule has 0 unspecified atom stereocenters. The summed E-state index contributed by atoms with van der Waals surface area (Å²) in [5.74, 6) is 0.181. The van der Waals surface area contributed by atoms with Gasteiger partial charge in [0.05, 0.1) is 11.4 Å². The second-order valence-electron chi connectivity index (χ2n) is 8.03. The van der Waals surface area contributed by atoms with Gasteiger partial charge in [-0.25, -0.2) is 14.4 Å². The first kappa shape index (κ1) is 27.2. The highest BCUT2D eigenvalue weighted by atomic mass is 35.5. The van der Waals surface area contributed by atoms with Crippen molar-refractivity contribution in [3.05, 3.63) is 70.6 Å². The number of nitrogens with zero attached hydrogens (tertiary/aromatic N) is 3. The number of aromatic nitrogens is 1. The third-order valence-corrected chi connectivity index (χ3v) is 6.73. The molecular formula is C23H23Cl2F4N5S. The molecule has 0 spiro atoms. The Bertz CT molecular complexity index is 1180. The van der Waals surface area contributed by atoms with Crippen LogP contribution in [0.5, 0.6) is 0 Å². The molecule has 2 aromatic carbocycles. The van der Waals surface area contributed by atoms with Crippen molar-refractivity contribution in [3.63, 3.8) is 0 Å². The van der Waals surface area contributed by atoms with Gasteiger partial charge >= 0.3 is 6.18 Å². The fraction of sp³-hybridized carbons (Fsp3) is 0.304. The van der Waals surface area contributed by atoms with Gasteiger partial charge in [0.2, 0.25) is 5.01 Å². The van der Waals surface area contributed by atoms with E-state index in [2.05, 4.69) is 15.6 Å². The quantitative estimate of drug-likeness (QED) is 0.384. The molecule has 0 radical (unpaired) electrons. The standard InChI is InChI=1S/C23H21F4N5S.2ClH/c24-15-8-5-14(6-9-15)7-10-16-13-32(12-11-28-16)20-19-21(33-22(31-19)23(25,26)27)30-18-4-2-1-3-17(18)29-20;;/h1-6,8-9,16,28,30H,7,10-13H2;2*1H/t16-;;/m0../s1. The molecule has 2 aliphatic heterocycles. The molecule has 5 rings (SSSR count). The minimum absolute atomic E-state index is 0. The highest BCUT2D eigenvalue weighted by molar-refractivity contribution is 7.16. The van der Waals surface area contributed by atoms with Gasteiger partial charge in [0.25, 0.3) is 0 Å². The maximum Gasteiger partial charge on any atom is 0.443 e. The van der Waals surface area contributed by atoms with E-state index in [1.165, 1.54) is 12.1 Å². The molecule has 0 bridgehead atoms. The molecule has 188 valence electrons. The lowest BCUT2D eigenvalue weighted by atomic mass is 10.0. The zero-order valence-electron chi connectivity index (χ0n) is 18.3. The van der Waals surface area contributed by atoms with Gasteiger partial charge in [-0.05, 0) is 42.7 Å². The number of anilines is 2. The van der Waals surface area contributed by atoms with E-state index in [0.717, 1.165) is 18.4 Å². The number of amidine groups is 1. The lowest BCUT2D eigenvalue weighted by Crippen LogP contribution is -2.53. The maximum absolute atomic E-state index is 13.4. The highest BCUT2D eigenvalue weighted by Gasteiger charge is 2.38. The Hall–Kier alpha value is -2.40. The van der Waals surface area contributed by atoms with Crippen LogP contribution in [0.1, 0.15) is 22.7 Å². The van der Waals surface area contributed by atoms with E-state index >= 15 is 0 Å². The molecule has 5 nitrogen and oxygen atoms in total. The van der Waals surface area contributed by atoms with Crippen LogP contribution >= 0.6 is 36.2 Å². The van der Waals surface area contributed by atoms with Crippen molar-refractivity contribution >= 4 is 58.4 Å². The van der Waals surface area contributed by atoms with Crippen molar-refractivity contribution in [1.82, 2.24) is 15.2 Å². The third kappa shape index (κ3) is 6.06. The Labute approximate surface area is 216 Å². The van der Waals surface area contributed by atoms with Gasteiger partial charge in [0.15, 0.2) is 5.84 Å². The first-order valence-corrected chi connectivity index (χ1v) is 11.4. The molecule has 1 fully saturated rings. The number of hydrogen-bond donors (Lipinski definition) is 2. The molecule has 0 amide bonds. The van der Waals surface area contributed by atoms with Crippen LogP contribution in [0.2, 0.25) is 0 Å². The second-order valence-corrected chi connectivity index (χ2v) is 9.03. The first-order chi connectivity index (χ1) is 15.9. The molecule has 3 heterocycles. The fourth-order valence-electron chi connectivity index (χ4n) is 4.07. The molecule has 1 atom stereocenters. The fourth-order valence-corrected chi connectivity index (χ4v) is 4.91.